The fourth-order valence-corrected chi connectivity index (χ4v) is 5.81. The van der Waals surface area contributed by atoms with Crippen LogP contribution >= 0.6 is 11.3 Å². The maximum Gasteiger partial charge on any atom is 0.263 e. The highest BCUT2D eigenvalue weighted by molar-refractivity contribution is 7.18. The zero-order chi connectivity index (χ0) is 21.7. The van der Waals surface area contributed by atoms with Crippen LogP contribution in [0.5, 0.6) is 0 Å². The summed E-state index contributed by atoms with van der Waals surface area (Å²) in [6.45, 7) is 6.79. The number of rotatable bonds is 3. The summed E-state index contributed by atoms with van der Waals surface area (Å²) in [5.74, 6) is 0.695. The van der Waals surface area contributed by atoms with Crippen molar-refractivity contribution in [2.75, 3.05) is 0 Å². The van der Waals surface area contributed by atoms with E-state index in [9.17, 15) is 9.90 Å². The van der Waals surface area contributed by atoms with Gasteiger partial charge in [0.1, 0.15) is 10.7 Å². The Morgan fingerprint density at radius 3 is 2.55 bits per heavy atom. The highest BCUT2D eigenvalue weighted by Crippen LogP contribution is 2.40. The summed E-state index contributed by atoms with van der Waals surface area (Å²) in [6, 6.07) is 14.3. The molecule has 0 bridgehead atoms. The second-order valence-electron chi connectivity index (χ2n) is 8.58. The number of aliphatic hydroxyl groups is 1. The average molecular weight is 431 g/mol. The van der Waals surface area contributed by atoms with Crippen LogP contribution in [0.2, 0.25) is 0 Å². The van der Waals surface area contributed by atoms with Gasteiger partial charge in [0.15, 0.2) is 0 Å². The van der Waals surface area contributed by atoms with Crippen molar-refractivity contribution in [1.82, 2.24) is 9.55 Å². The van der Waals surface area contributed by atoms with Gasteiger partial charge in [-0.1, -0.05) is 30.3 Å². The Morgan fingerprint density at radius 1 is 1.13 bits per heavy atom. The summed E-state index contributed by atoms with van der Waals surface area (Å²) in [5.41, 5.74) is 6.66. The summed E-state index contributed by atoms with van der Waals surface area (Å²) >= 11 is 1.48. The summed E-state index contributed by atoms with van der Waals surface area (Å²) in [5, 5.41) is 11.2. The first-order valence-corrected chi connectivity index (χ1v) is 11.6. The van der Waals surface area contributed by atoms with E-state index in [2.05, 4.69) is 32.9 Å². The van der Waals surface area contributed by atoms with E-state index in [4.69, 9.17) is 4.98 Å². The Hall–Kier alpha value is -2.76. The molecule has 0 saturated heterocycles. The zero-order valence-corrected chi connectivity index (χ0v) is 18.9. The molecule has 2 heterocycles. The Balaban J connectivity index is 1.81. The van der Waals surface area contributed by atoms with Gasteiger partial charge < -0.3 is 5.11 Å². The van der Waals surface area contributed by atoms with Crippen molar-refractivity contribution in [3.63, 3.8) is 0 Å². The van der Waals surface area contributed by atoms with Gasteiger partial charge in [0, 0.05) is 10.4 Å². The predicted octanol–water partition coefficient (Wildman–Crippen LogP) is 5.47. The van der Waals surface area contributed by atoms with Crippen LogP contribution in [-0.2, 0) is 13.0 Å². The van der Waals surface area contributed by atoms with Crippen molar-refractivity contribution in [2.45, 2.75) is 52.7 Å². The Bertz CT molecular complexity index is 1330. The highest BCUT2D eigenvalue weighted by atomic mass is 32.1. The molecule has 0 radical (unpaired) electrons. The molecule has 5 heteroatoms. The second kappa shape index (κ2) is 7.74. The largest absolute Gasteiger partial charge is 0.388 e. The van der Waals surface area contributed by atoms with Crippen molar-refractivity contribution < 1.29 is 5.11 Å². The minimum absolute atomic E-state index is 0.00802. The van der Waals surface area contributed by atoms with Crippen LogP contribution in [0.25, 0.3) is 21.6 Å². The van der Waals surface area contributed by atoms with Crippen LogP contribution in [0.3, 0.4) is 0 Å². The van der Waals surface area contributed by atoms with Gasteiger partial charge in [-0.05, 0) is 80.0 Å². The topological polar surface area (TPSA) is 55.1 Å². The number of benzene rings is 2. The molecule has 2 aromatic carbocycles. The maximum absolute atomic E-state index is 13.9. The van der Waals surface area contributed by atoms with E-state index < -0.39 is 6.10 Å². The molecule has 0 amide bonds. The minimum atomic E-state index is -0.489. The molecule has 1 N–H and O–H groups in total. The van der Waals surface area contributed by atoms with E-state index in [1.165, 1.54) is 28.0 Å². The minimum Gasteiger partial charge on any atom is -0.388 e. The number of fused-ring (bicyclic) bond motifs is 3. The Morgan fingerprint density at radius 2 is 1.84 bits per heavy atom. The molecule has 1 atom stereocenters. The van der Waals surface area contributed by atoms with Crippen molar-refractivity contribution in [3.8, 4) is 11.4 Å². The lowest BCUT2D eigenvalue weighted by atomic mass is 9.95. The second-order valence-corrected chi connectivity index (χ2v) is 9.61. The Labute approximate surface area is 185 Å². The number of aryl methyl sites for hydroxylation is 3. The van der Waals surface area contributed by atoms with Gasteiger partial charge in [0.2, 0.25) is 0 Å². The third-order valence-electron chi connectivity index (χ3n) is 6.52. The maximum atomic E-state index is 13.9. The van der Waals surface area contributed by atoms with E-state index in [1.54, 1.807) is 0 Å². The van der Waals surface area contributed by atoms with Crippen molar-refractivity contribution in [1.29, 1.82) is 0 Å². The highest BCUT2D eigenvalue weighted by Gasteiger charge is 2.27. The number of thiophene rings is 1. The molecule has 31 heavy (non-hydrogen) atoms. The van der Waals surface area contributed by atoms with E-state index in [-0.39, 0.29) is 5.56 Å². The molecule has 158 valence electrons. The monoisotopic (exact) mass is 430 g/mol. The lowest BCUT2D eigenvalue weighted by molar-refractivity contribution is 0.161. The van der Waals surface area contributed by atoms with Crippen LogP contribution in [0.15, 0.2) is 47.3 Å². The normalized spacial score (nSPS) is 15.9. The zero-order valence-electron chi connectivity index (χ0n) is 18.1. The molecule has 2 aromatic heterocycles. The molecule has 4 aromatic rings. The Kier molecular flexibility index (Phi) is 5.03. The van der Waals surface area contributed by atoms with Gasteiger partial charge >= 0.3 is 0 Å². The number of hydrogen-bond donors (Lipinski definition) is 1. The summed E-state index contributed by atoms with van der Waals surface area (Å²) in [4.78, 5) is 20.5. The summed E-state index contributed by atoms with van der Waals surface area (Å²) < 4.78 is 1.81. The molecule has 0 spiro atoms. The van der Waals surface area contributed by atoms with E-state index in [0.29, 0.717) is 17.8 Å². The van der Waals surface area contributed by atoms with E-state index >= 15 is 0 Å². The quantitative estimate of drug-likeness (QED) is 0.469. The smallest absolute Gasteiger partial charge is 0.263 e. The van der Waals surface area contributed by atoms with Gasteiger partial charge in [-0.15, -0.1) is 11.3 Å². The van der Waals surface area contributed by atoms with Gasteiger partial charge in [-0.3, -0.25) is 9.36 Å². The molecule has 0 fully saturated rings. The van der Waals surface area contributed by atoms with Crippen LogP contribution in [0, 0.1) is 20.8 Å². The van der Waals surface area contributed by atoms with Crippen LogP contribution in [0.1, 0.15) is 51.6 Å². The van der Waals surface area contributed by atoms with Crippen LogP contribution < -0.4 is 5.56 Å². The summed E-state index contributed by atoms with van der Waals surface area (Å²) in [6.07, 6.45) is 1.99. The van der Waals surface area contributed by atoms with E-state index in [0.717, 1.165) is 45.7 Å². The van der Waals surface area contributed by atoms with Crippen molar-refractivity contribution >= 4 is 21.6 Å². The standard InChI is InChI=1S/C26H26N2O2S/c1-15-12-19(13-16(2)17(15)3)24-27-25-22(20-10-7-11-21(29)23(20)31-25)26(30)28(24)14-18-8-5-4-6-9-18/h4-6,8-9,12-13,21,29H,7,10-11,14H2,1-3H3. The van der Waals surface area contributed by atoms with Gasteiger partial charge in [-0.2, -0.15) is 0 Å². The number of aliphatic hydroxyl groups excluding tert-OH is 1. The van der Waals surface area contributed by atoms with Crippen molar-refractivity contribution in [3.05, 3.63) is 85.5 Å². The van der Waals surface area contributed by atoms with Gasteiger partial charge in [0.25, 0.3) is 5.56 Å². The fraction of sp³-hybridized carbons (Fsp3) is 0.308. The predicted molar refractivity (Wildman–Crippen MR) is 127 cm³/mol. The molecule has 5 rings (SSSR count). The molecular weight excluding hydrogens is 404 g/mol. The third-order valence-corrected chi connectivity index (χ3v) is 7.74. The number of nitrogens with zero attached hydrogens (tertiary/aromatic N) is 2. The first-order chi connectivity index (χ1) is 14.9. The van der Waals surface area contributed by atoms with Gasteiger partial charge in [-0.25, -0.2) is 4.98 Å². The van der Waals surface area contributed by atoms with Crippen molar-refractivity contribution in [2.24, 2.45) is 0 Å². The first kappa shape index (κ1) is 20.2. The molecule has 1 unspecified atom stereocenters. The average Bonchev–Trinajstić information content (AvgIpc) is 3.14. The third kappa shape index (κ3) is 3.42. The van der Waals surface area contributed by atoms with E-state index in [1.807, 2.05) is 34.9 Å². The lowest BCUT2D eigenvalue weighted by Crippen LogP contribution is -2.24. The lowest BCUT2D eigenvalue weighted by Gasteiger charge is -2.17. The summed E-state index contributed by atoms with van der Waals surface area (Å²) in [7, 11) is 0. The molecule has 4 nitrogen and oxygen atoms in total. The van der Waals surface area contributed by atoms with Crippen LogP contribution in [-0.4, -0.2) is 14.7 Å². The van der Waals surface area contributed by atoms with Crippen LogP contribution in [0.4, 0.5) is 0 Å². The molecule has 1 aliphatic rings. The molecular formula is C26H26N2O2S. The first-order valence-electron chi connectivity index (χ1n) is 10.8. The molecule has 0 aliphatic heterocycles. The molecule has 0 saturated carbocycles. The SMILES string of the molecule is Cc1cc(-c2nc3sc4c(c3c(=O)n2Cc2ccccc2)CCCC4O)cc(C)c1C. The molecule has 1 aliphatic carbocycles. The fourth-order valence-electron chi connectivity index (χ4n) is 4.57. The number of hydrogen-bond acceptors (Lipinski definition) is 4. The number of aromatic nitrogens is 2. The van der Waals surface area contributed by atoms with Gasteiger partial charge in [0.05, 0.1) is 18.0 Å².